The number of para-hydroxylation sites is 3. The fourth-order valence-corrected chi connectivity index (χ4v) is 9.28. The third-order valence-electron chi connectivity index (χ3n) is 10.6. The first kappa shape index (κ1) is 29.2. The highest BCUT2D eigenvalue weighted by Gasteiger charge is 2.18. The Hall–Kier alpha value is -6.55. The van der Waals surface area contributed by atoms with Gasteiger partial charge in [-0.15, -0.1) is 11.3 Å². The Morgan fingerprint density at radius 3 is 1.83 bits per heavy atom. The summed E-state index contributed by atoms with van der Waals surface area (Å²) in [5, 5.41) is 8.79. The van der Waals surface area contributed by atoms with Crippen LogP contribution >= 0.6 is 11.3 Å². The van der Waals surface area contributed by atoms with E-state index in [0.717, 1.165) is 16.8 Å². The second-order valence-electron chi connectivity index (χ2n) is 13.5. The van der Waals surface area contributed by atoms with Crippen molar-refractivity contribution in [2.45, 2.75) is 0 Å². The summed E-state index contributed by atoms with van der Waals surface area (Å²) in [6, 6.07) is 66.0. The topological polar surface area (TPSA) is 17.8 Å². The van der Waals surface area contributed by atoms with Crippen LogP contribution in [0, 0.1) is 0 Å². The fourth-order valence-electron chi connectivity index (χ4n) is 8.19. The summed E-state index contributed by atoms with van der Waals surface area (Å²) in [6.07, 6.45) is 0. The maximum Gasteiger partial charge on any atom is 0.0788 e. The molecule has 0 spiro atoms. The van der Waals surface area contributed by atoms with Crippen molar-refractivity contribution in [3.05, 3.63) is 182 Å². The van der Waals surface area contributed by atoms with Crippen LogP contribution in [0.3, 0.4) is 0 Å². The van der Waals surface area contributed by atoms with Gasteiger partial charge in [-0.05, 0) is 76.9 Å². The van der Waals surface area contributed by atoms with Crippen LogP contribution in [0.4, 0.5) is 0 Å². The van der Waals surface area contributed by atoms with E-state index in [1.165, 1.54) is 86.1 Å². The lowest BCUT2D eigenvalue weighted by atomic mass is 9.94. The van der Waals surface area contributed by atoms with Gasteiger partial charge in [0.05, 0.1) is 22.2 Å². The molecule has 242 valence electrons. The van der Waals surface area contributed by atoms with Crippen molar-refractivity contribution < 1.29 is 0 Å². The Balaban J connectivity index is 1.10. The van der Waals surface area contributed by atoms with Gasteiger partial charge in [-0.3, -0.25) is 0 Å². The van der Waals surface area contributed by atoms with Crippen molar-refractivity contribution in [1.82, 2.24) is 9.55 Å². The Labute approximate surface area is 304 Å². The predicted molar refractivity (Wildman–Crippen MR) is 223 cm³/mol. The third-order valence-corrected chi connectivity index (χ3v) is 11.7. The summed E-state index contributed by atoms with van der Waals surface area (Å²) in [6.45, 7) is 0. The van der Waals surface area contributed by atoms with Crippen molar-refractivity contribution in [1.29, 1.82) is 0 Å². The minimum Gasteiger partial charge on any atom is -0.309 e. The molecule has 0 bridgehead atoms. The monoisotopic (exact) mass is 678 g/mol. The van der Waals surface area contributed by atoms with Gasteiger partial charge in [0.15, 0.2) is 0 Å². The molecule has 0 saturated carbocycles. The zero-order chi connectivity index (χ0) is 34.2. The van der Waals surface area contributed by atoms with E-state index in [1.54, 1.807) is 0 Å². The van der Waals surface area contributed by atoms with Crippen LogP contribution in [0.2, 0.25) is 0 Å². The first-order chi connectivity index (χ1) is 25.8. The van der Waals surface area contributed by atoms with Gasteiger partial charge in [0.2, 0.25) is 0 Å². The number of thiophene rings is 1. The Bertz CT molecular complexity index is 3170. The van der Waals surface area contributed by atoms with E-state index in [-0.39, 0.29) is 0 Å². The highest BCUT2D eigenvalue weighted by molar-refractivity contribution is 7.26. The molecular formula is C49H30N2S. The van der Waals surface area contributed by atoms with Crippen LogP contribution in [0.15, 0.2) is 182 Å². The van der Waals surface area contributed by atoms with Crippen LogP contribution in [-0.2, 0) is 0 Å². The number of fused-ring (bicyclic) bond motifs is 10. The van der Waals surface area contributed by atoms with Gasteiger partial charge in [-0.25, -0.2) is 4.98 Å². The van der Waals surface area contributed by atoms with E-state index in [4.69, 9.17) is 4.98 Å². The normalized spacial score (nSPS) is 11.8. The lowest BCUT2D eigenvalue weighted by Crippen LogP contribution is -1.93. The summed E-state index contributed by atoms with van der Waals surface area (Å²) < 4.78 is 4.98. The average Bonchev–Trinajstić information content (AvgIpc) is 3.76. The maximum atomic E-state index is 5.20. The van der Waals surface area contributed by atoms with E-state index in [0.29, 0.717) is 0 Å². The van der Waals surface area contributed by atoms with Gasteiger partial charge >= 0.3 is 0 Å². The zero-order valence-corrected chi connectivity index (χ0v) is 28.9. The molecule has 0 radical (unpaired) electrons. The van der Waals surface area contributed by atoms with Crippen molar-refractivity contribution >= 4 is 75.0 Å². The summed E-state index contributed by atoms with van der Waals surface area (Å²) in [5.74, 6) is 0. The molecule has 0 N–H and O–H groups in total. The summed E-state index contributed by atoms with van der Waals surface area (Å²) in [4.78, 5) is 5.20. The summed E-state index contributed by atoms with van der Waals surface area (Å²) >= 11 is 1.87. The van der Waals surface area contributed by atoms with Crippen molar-refractivity contribution in [3.8, 4) is 39.2 Å². The van der Waals surface area contributed by atoms with E-state index in [2.05, 4.69) is 187 Å². The minimum absolute atomic E-state index is 1.02. The van der Waals surface area contributed by atoms with Crippen molar-refractivity contribution in [2.75, 3.05) is 0 Å². The average molecular weight is 679 g/mol. The Morgan fingerprint density at radius 1 is 0.365 bits per heavy atom. The SMILES string of the molecule is c1ccc(-c2nc3ccccc3c3c2ccc2sc4ccc(-c5cccc(-c6ccc7c8ccccc8n(-c8ccccc8)c7c6)c5)cc4c23)cc1. The van der Waals surface area contributed by atoms with Gasteiger partial charge in [-0.1, -0.05) is 127 Å². The molecule has 52 heavy (non-hydrogen) atoms. The molecule has 3 heteroatoms. The number of hydrogen-bond acceptors (Lipinski definition) is 2. The molecule has 0 amide bonds. The molecule has 11 rings (SSSR count). The molecule has 2 nitrogen and oxygen atoms in total. The molecule has 0 fully saturated rings. The van der Waals surface area contributed by atoms with Crippen LogP contribution in [0.1, 0.15) is 0 Å². The van der Waals surface area contributed by atoms with Gasteiger partial charge in [-0.2, -0.15) is 0 Å². The van der Waals surface area contributed by atoms with Crippen LogP contribution in [0.25, 0.3) is 103 Å². The first-order valence-electron chi connectivity index (χ1n) is 17.7. The number of benzene rings is 8. The molecule has 0 saturated heterocycles. The number of hydrogen-bond donors (Lipinski definition) is 0. The Morgan fingerprint density at radius 2 is 0.981 bits per heavy atom. The van der Waals surface area contributed by atoms with Crippen LogP contribution < -0.4 is 0 Å². The second-order valence-corrected chi connectivity index (χ2v) is 14.6. The van der Waals surface area contributed by atoms with Crippen molar-refractivity contribution in [2.24, 2.45) is 0 Å². The van der Waals surface area contributed by atoms with Crippen LogP contribution in [-0.4, -0.2) is 9.55 Å². The number of pyridine rings is 1. The first-order valence-corrected chi connectivity index (χ1v) is 18.5. The molecule has 0 aliphatic heterocycles. The van der Waals surface area contributed by atoms with Gasteiger partial charge in [0.1, 0.15) is 0 Å². The number of rotatable bonds is 4. The van der Waals surface area contributed by atoms with Gasteiger partial charge in [0.25, 0.3) is 0 Å². The summed E-state index contributed by atoms with van der Waals surface area (Å²) in [5.41, 5.74) is 11.6. The lowest BCUT2D eigenvalue weighted by molar-refractivity contribution is 1.18. The molecule has 0 unspecified atom stereocenters. The lowest BCUT2D eigenvalue weighted by Gasteiger charge is -2.12. The standard InChI is InChI=1S/C49H30N2S/c1-3-12-31(13-4-1)49-40-25-27-46-48(47(40)39-19-7-9-20-42(39)50-49)41-29-34(23-26-45(41)52-46)32-14-11-15-33(28-32)35-22-24-38-37-18-8-10-21-43(37)51(44(38)30-35)36-16-5-2-6-17-36/h1-30H. The zero-order valence-electron chi connectivity index (χ0n) is 28.1. The predicted octanol–water partition coefficient (Wildman–Crippen LogP) is 13.9. The molecule has 11 aromatic rings. The van der Waals surface area contributed by atoms with E-state index in [9.17, 15) is 0 Å². The molecule has 8 aromatic carbocycles. The minimum atomic E-state index is 1.02. The largest absolute Gasteiger partial charge is 0.309 e. The second kappa shape index (κ2) is 11.5. The Kier molecular flexibility index (Phi) is 6.46. The fraction of sp³-hybridized carbons (Fsp3) is 0. The van der Waals surface area contributed by atoms with Gasteiger partial charge < -0.3 is 4.57 Å². The smallest absolute Gasteiger partial charge is 0.0788 e. The molecular weight excluding hydrogens is 649 g/mol. The highest BCUT2D eigenvalue weighted by Crippen LogP contribution is 2.44. The molecule has 3 heterocycles. The number of aromatic nitrogens is 2. The third kappa shape index (κ3) is 4.46. The molecule has 0 atom stereocenters. The molecule has 0 aliphatic carbocycles. The number of nitrogens with zero attached hydrogens (tertiary/aromatic N) is 2. The molecule has 3 aromatic heterocycles. The summed E-state index contributed by atoms with van der Waals surface area (Å²) in [7, 11) is 0. The van der Waals surface area contributed by atoms with Crippen LogP contribution in [0.5, 0.6) is 0 Å². The van der Waals surface area contributed by atoms with E-state index >= 15 is 0 Å². The van der Waals surface area contributed by atoms with Crippen molar-refractivity contribution in [3.63, 3.8) is 0 Å². The van der Waals surface area contributed by atoms with E-state index < -0.39 is 0 Å². The highest BCUT2D eigenvalue weighted by atomic mass is 32.1. The quantitative estimate of drug-likeness (QED) is 0.169. The molecule has 0 aliphatic rings. The maximum absolute atomic E-state index is 5.20. The van der Waals surface area contributed by atoms with E-state index in [1.807, 2.05) is 11.3 Å². The van der Waals surface area contributed by atoms with Gasteiger partial charge in [0, 0.05) is 58.4 Å².